The molecule has 1 atom stereocenters. The molecule has 0 aliphatic heterocycles. The maximum Gasteiger partial charge on any atom is 0.0753 e. The molecule has 2 rings (SSSR count). The first-order valence-electron chi connectivity index (χ1n) is 5.80. The highest BCUT2D eigenvalue weighted by Gasteiger charge is 2.13. The third kappa shape index (κ3) is 2.93. The fourth-order valence-corrected chi connectivity index (χ4v) is 2.13. The van der Waals surface area contributed by atoms with Gasteiger partial charge in [-0.15, -0.1) is 0 Å². The minimum absolute atomic E-state index is 0.215. The Kier molecular flexibility index (Phi) is 3.57. The number of benzene rings is 1. The van der Waals surface area contributed by atoms with Crippen molar-refractivity contribution in [3.05, 3.63) is 41.5 Å². The zero-order valence-corrected chi connectivity index (χ0v) is 9.02. The van der Waals surface area contributed by atoms with Crippen LogP contribution in [-0.2, 0) is 0 Å². The van der Waals surface area contributed by atoms with Gasteiger partial charge >= 0.3 is 0 Å². The van der Waals surface area contributed by atoms with Crippen LogP contribution in [-0.4, -0.2) is 11.2 Å². The van der Waals surface area contributed by atoms with E-state index in [-0.39, 0.29) is 6.10 Å². The summed E-state index contributed by atoms with van der Waals surface area (Å²) in [6.45, 7) is 0. The standard InChI is InChI=1S/C14H18O/c15-14-10-6-2-5-9-13(14)11-12-7-3-1-4-8-12/h1,3-4,7-8,11,14-15H,2,5-6,9-10H2/b13-11+/t14-/m0/s1. The van der Waals surface area contributed by atoms with Gasteiger partial charge in [0.05, 0.1) is 6.10 Å². The van der Waals surface area contributed by atoms with E-state index in [0.717, 1.165) is 19.3 Å². The highest BCUT2D eigenvalue weighted by molar-refractivity contribution is 5.53. The fourth-order valence-electron chi connectivity index (χ4n) is 2.13. The second-order valence-corrected chi connectivity index (χ2v) is 4.25. The zero-order valence-electron chi connectivity index (χ0n) is 9.02. The Morgan fingerprint density at radius 1 is 1.07 bits per heavy atom. The van der Waals surface area contributed by atoms with Crippen molar-refractivity contribution in [3.63, 3.8) is 0 Å². The van der Waals surface area contributed by atoms with Crippen molar-refractivity contribution in [3.8, 4) is 0 Å². The normalized spacial score (nSPS) is 25.1. The molecule has 0 bridgehead atoms. The van der Waals surface area contributed by atoms with Gasteiger partial charge in [0.25, 0.3) is 0 Å². The number of aliphatic hydroxyl groups is 1. The first-order valence-corrected chi connectivity index (χ1v) is 5.80. The van der Waals surface area contributed by atoms with E-state index in [9.17, 15) is 5.11 Å². The Labute approximate surface area is 91.4 Å². The predicted octanol–water partition coefficient (Wildman–Crippen LogP) is 3.40. The third-order valence-corrected chi connectivity index (χ3v) is 3.02. The van der Waals surface area contributed by atoms with Crippen LogP contribution in [0.25, 0.3) is 6.08 Å². The SMILES string of the molecule is O[C@H]1CCCCC/C1=C\c1ccccc1. The first-order chi connectivity index (χ1) is 7.36. The van der Waals surface area contributed by atoms with E-state index >= 15 is 0 Å². The maximum atomic E-state index is 9.94. The molecule has 0 heterocycles. The molecule has 1 fully saturated rings. The molecule has 1 aliphatic carbocycles. The van der Waals surface area contributed by atoms with Crippen molar-refractivity contribution < 1.29 is 5.11 Å². The molecule has 1 aliphatic rings. The quantitative estimate of drug-likeness (QED) is 0.692. The minimum atomic E-state index is -0.215. The van der Waals surface area contributed by atoms with Crippen molar-refractivity contribution in [2.45, 2.75) is 38.2 Å². The number of rotatable bonds is 1. The van der Waals surface area contributed by atoms with Crippen LogP contribution < -0.4 is 0 Å². The van der Waals surface area contributed by atoms with Crippen molar-refractivity contribution in [2.75, 3.05) is 0 Å². The second kappa shape index (κ2) is 5.13. The summed E-state index contributed by atoms with van der Waals surface area (Å²) in [5.74, 6) is 0. The first kappa shape index (κ1) is 10.4. The van der Waals surface area contributed by atoms with Crippen molar-refractivity contribution in [1.29, 1.82) is 0 Å². The van der Waals surface area contributed by atoms with Gasteiger partial charge in [-0.2, -0.15) is 0 Å². The number of hydrogen-bond acceptors (Lipinski definition) is 1. The molecule has 15 heavy (non-hydrogen) atoms. The Balaban J connectivity index is 2.17. The summed E-state index contributed by atoms with van der Waals surface area (Å²) >= 11 is 0. The maximum absolute atomic E-state index is 9.94. The lowest BCUT2D eigenvalue weighted by Crippen LogP contribution is -2.07. The molecule has 80 valence electrons. The van der Waals surface area contributed by atoms with Crippen LogP contribution in [0.4, 0.5) is 0 Å². The van der Waals surface area contributed by atoms with E-state index in [0.29, 0.717) is 0 Å². The number of aliphatic hydroxyl groups excluding tert-OH is 1. The molecule has 1 nitrogen and oxygen atoms in total. The summed E-state index contributed by atoms with van der Waals surface area (Å²) in [6.07, 6.45) is 7.55. The topological polar surface area (TPSA) is 20.2 Å². The van der Waals surface area contributed by atoms with Gasteiger partial charge in [0.15, 0.2) is 0 Å². The second-order valence-electron chi connectivity index (χ2n) is 4.25. The fraction of sp³-hybridized carbons (Fsp3) is 0.429. The molecule has 0 unspecified atom stereocenters. The lowest BCUT2D eigenvalue weighted by molar-refractivity contribution is 0.200. The molecule has 0 aromatic heterocycles. The smallest absolute Gasteiger partial charge is 0.0753 e. The van der Waals surface area contributed by atoms with Gasteiger partial charge in [0.2, 0.25) is 0 Å². The third-order valence-electron chi connectivity index (χ3n) is 3.02. The van der Waals surface area contributed by atoms with Gasteiger partial charge in [0, 0.05) is 0 Å². The summed E-state index contributed by atoms with van der Waals surface area (Å²) in [5, 5.41) is 9.94. The van der Waals surface area contributed by atoms with E-state index in [1.807, 2.05) is 18.2 Å². The largest absolute Gasteiger partial charge is 0.389 e. The van der Waals surface area contributed by atoms with Gasteiger partial charge in [-0.1, -0.05) is 49.2 Å². The molecule has 1 aromatic rings. The lowest BCUT2D eigenvalue weighted by atomic mass is 10.0. The van der Waals surface area contributed by atoms with E-state index in [4.69, 9.17) is 0 Å². The van der Waals surface area contributed by atoms with Crippen LogP contribution in [0.1, 0.15) is 37.7 Å². The predicted molar refractivity (Wildman–Crippen MR) is 63.5 cm³/mol. The van der Waals surface area contributed by atoms with Crippen LogP contribution in [0.2, 0.25) is 0 Å². The van der Waals surface area contributed by atoms with Crippen molar-refractivity contribution in [1.82, 2.24) is 0 Å². The van der Waals surface area contributed by atoms with Gasteiger partial charge in [-0.3, -0.25) is 0 Å². The molecule has 1 saturated carbocycles. The Hall–Kier alpha value is -1.08. The zero-order chi connectivity index (χ0) is 10.5. The van der Waals surface area contributed by atoms with Gasteiger partial charge < -0.3 is 5.11 Å². The molecule has 0 radical (unpaired) electrons. The molecular weight excluding hydrogens is 184 g/mol. The Morgan fingerprint density at radius 3 is 2.67 bits per heavy atom. The van der Waals surface area contributed by atoms with E-state index in [2.05, 4.69) is 18.2 Å². The lowest BCUT2D eigenvalue weighted by Gasteiger charge is -2.10. The Morgan fingerprint density at radius 2 is 1.87 bits per heavy atom. The van der Waals surface area contributed by atoms with Gasteiger partial charge in [-0.05, 0) is 30.4 Å². The van der Waals surface area contributed by atoms with E-state index < -0.39 is 0 Å². The molecule has 1 aromatic carbocycles. The molecule has 1 heteroatoms. The van der Waals surface area contributed by atoms with Gasteiger partial charge in [-0.25, -0.2) is 0 Å². The van der Waals surface area contributed by atoms with Gasteiger partial charge in [0.1, 0.15) is 0 Å². The molecule has 0 amide bonds. The van der Waals surface area contributed by atoms with Crippen LogP contribution in [0.5, 0.6) is 0 Å². The van der Waals surface area contributed by atoms with Crippen molar-refractivity contribution in [2.24, 2.45) is 0 Å². The van der Waals surface area contributed by atoms with Crippen LogP contribution in [0.15, 0.2) is 35.9 Å². The average Bonchev–Trinajstić information content (AvgIpc) is 2.46. The summed E-state index contributed by atoms with van der Waals surface area (Å²) in [7, 11) is 0. The summed E-state index contributed by atoms with van der Waals surface area (Å²) < 4.78 is 0. The highest BCUT2D eigenvalue weighted by Crippen LogP contribution is 2.24. The minimum Gasteiger partial charge on any atom is -0.389 e. The molecule has 0 spiro atoms. The van der Waals surface area contributed by atoms with E-state index in [1.54, 1.807) is 0 Å². The molecule has 1 N–H and O–H groups in total. The van der Waals surface area contributed by atoms with Crippen LogP contribution in [0, 0.1) is 0 Å². The summed E-state index contributed by atoms with van der Waals surface area (Å²) in [6, 6.07) is 10.3. The van der Waals surface area contributed by atoms with E-state index in [1.165, 1.54) is 24.0 Å². The van der Waals surface area contributed by atoms with Crippen LogP contribution >= 0.6 is 0 Å². The highest BCUT2D eigenvalue weighted by atomic mass is 16.3. The van der Waals surface area contributed by atoms with Crippen LogP contribution in [0.3, 0.4) is 0 Å². The summed E-state index contributed by atoms with van der Waals surface area (Å²) in [5.41, 5.74) is 2.41. The monoisotopic (exact) mass is 202 g/mol. The summed E-state index contributed by atoms with van der Waals surface area (Å²) in [4.78, 5) is 0. The molecule has 0 saturated heterocycles. The Bertz CT molecular complexity index is 326. The van der Waals surface area contributed by atoms with Crippen molar-refractivity contribution >= 4 is 6.08 Å². The molecular formula is C14H18O. The number of hydrogen-bond donors (Lipinski definition) is 1. The average molecular weight is 202 g/mol.